The van der Waals surface area contributed by atoms with Crippen molar-refractivity contribution < 1.29 is 14.3 Å². The van der Waals surface area contributed by atoms with Gasteiger partial charge < -0.3 is 15.4 Å². The summed E-state index contributed by atoms with van der Waals surface area (Å²) in [6, 6.07) is 19.8. The summed E-state index contributed by atoms with van der Waals surface area (Å²) in [4.78, 5) is 24.3. The summed E-state index contributed by atoms with van der Waals surface area (Å²) in [5.41, 5.74) is 4.23. The molecule has 2 aliphatic rings. The third kappa shape index (κ3) is 4.03. The van der Waals surface area contributed by atoms with Gasteiger partial charge in [-0.15, -0.1) is 0 Å². The fourth-order valence-corrected chi connectivity index (χ4v) is 4.42. The van der Waals surface area contributed by atoms with E-state index in [1.807, 2.05) is 60.7 Å². The number of nitrogens with one attached hydrogen (secondary N) is 3. The molecule has 1 saturated carbocycles. The normalized spacial score (nSPS) is 22.1. The zero-order valence-corrected chi connectivity index (χ0v) is 17.0. The summed E-state index contributed by atoms with van der Waals surface area (Å²) in [6.45, 7) is 0.447. The van der Waals surface area contributed by atoms with Crippen molar-refractivity contribution in [3.05, 3.63) is 83.0 Å². The van der Waals surface area contributed by atoms with Crippen molar-refractivity contribution in [2.75, 3.05) is 5.32 Å². The van der Waals surface area contributed by atoms with Crippen LogP contribution in [0.4, 0.5) is 10.6 Å². The zero-order valence-electron chi connectivity index (χ0n) is 17.0. The van der Waals surface area contributed by atoms with Crippen LogP contribution in [0.3, 0.4) is 0 Å². The molecule has 3 aromatic rings. The topological polar surface area (TPSA) is 96.1 Å². The Morgan fingerprint density at radius 3 is 2.52 bits per heavy atom. The van der Waals surface area contributed by atoms with E-state index in [4.69, 9.17) is 4.74 Å². The van der Waals surface area contributed by atoms with Crippen LogP contribution in [0.2, 0.25) is 0 Å². The Morgan fingerprint density at radius 2 is 1.77 bits per heavy atom. The monoisotopic (exact) mass is 416 g/mol. The summed E-state index contributed by atoms with van der Waals surface area (Å²) >= 11 is 0. The van der Waals surface area contributed by atoms with Gasteiger partial charge in [-0.1, -0.05) is 60.7 Å². The second-order valence-electron chi connectivity index (χ2n) is 8.15. The Morgan fingerprint density at radius 1 is 1.06 bits per heavy atom. The van der Waals surface area contributed by atoms with Crippen molar-refractivity contribution in [2.24, 2.45) is 0 Å². The molecule has 2 aromatic carbocycles. The minimum atomic E-state index is -0.395. The first-order valence-electron chi connectivity index (χ1n) is 10.6. The Hall–Kier alpha value is -3.61. The minimum absolute atomic E-state index is 0.0205. The molecule has 2 heterocycles. The number of aromatic nitrogens is 2. The molecule has 2 amide bonds. The third-order valence-electron chi connectivity index (χ3n) is 6.09. The van der Waals surface area contributed by atoms with Crippen molar-refractivity contribution in [1.82, 2.24) is 15.5 Å². The lowest BCUT2D eigenvalue weighted by Crippen LogP contribution is -2.36. The van der Waals surface area contributed by atoms with Gasteiger partial charge in [0.2, 0.25) is 5.91 Å². The quantitative estimate of drug-likeness (QED) is 0.584. The van der Waals surface area contributed by atoms with E-state index in [1.165, 1.54) is 0 Å². The standard InChI is InChI=1S/C24H24N4O3/c29-20-13-19(16-9-5-2-6-10-16)21-22(27-28-23(21)26-20)17-11-18(12-17)31-24(30)25-14-15-7-3-1-4-8-15/h1-10,17-19H,11-14H2,(H,25,30)(H2,26,27,28,29). The number of ether oxygens (including phenoxy) is 1. The number of carbonyl (C=O) groups is 2. The Balaban J connectivity index is 1.22. The highest BCUT2D eigenvalue weighted by atomic mass is 16.6. The van der Waals surface area contributed by atoms with Gasteiger partial charge in [-0.2, -0.15) is 5.10 Å². The molecule has 1 fully saturated rings. The number of rotatable bonds is 5. The average molecular weight is 416 g/mol. The average Bonchev–Trinajstić information content (AvgIpc) is 3.18. The van der Waals surface area contributed by atoms with Crippen molar-refractivity contribution >= 4 is 17.8 Å². The maximum Gasteiger partial charge on any atom is 0.407 e. The van der Waals surface area contributed by atoms with Gasteiger partial charge in [0.25, 0.3) is 0 Å². The molecule has 31 heavy (non-hydrogen) atoms. The van der Waals surface area contributed by atoms with Crippen LogP contribution < -0.4 is 10.6 Å². The highest BCUT2D eigenvalue weighted by Gasteiger charge is 2.40. The molecular formula is C24H24N4O3. The van der Waals surface area contributed by atoms with Crippen LogP contribution in [0.1, 0.15) is 53.5 Å². The second-order valence-corrected chi connectivity index (χ2v) is 8.15. The lowest BCUT2D eigenvalue weighted by molar-refractivity contribution is -0.116. The molecule has 0 spiro atoms. The molecule has 0 radical (unpaired) electrons. The molecule has 3 N–H and O–H groups in total. The first-order chi connectivity index (χ1) is 15.2. The third-order valence-corrected chi connectivity index (χ3v) is 6.09. The predicted molar refractivity (Wildman–Crippen MR) is 116 cm³/mol. The Labute approximate surface area is 180 Å². The molecule has 158 valence electrons. The summed E-state index contributed by atoms with van der Waals surface area (Å²) in [6.07, 6.45) is 1.37. The van der Waals surface area contributed by atoms with Crippen LogP contribution in [-0.2, 0) is 16.1 Å². The number of amides is 2. The van der Waals surface area contributed by atoms with Gasteiger partial charge in [-0.3, -0.25) is 9.89 Å². The van der Waals surface area contributed by atoms with Crippen LogP contribution >= 0.6 is 0 Å². The summed E-state index contributed by atoms with van der Waals surface area (Å²) < 4.78 is 5.55. The number of nitrogens with zero attached hydrogens (tertiary/aromatic N) is 1. The van der Waals surface area contributed by atoms with E-state index in [0.717, 1.165) is 35.2 Å². The van der Waals surface area contributed by atoms with E-state index < -0.39 is 6.09 Å². The number of H-pyrrole nitrogens is 1. The maximum absolute atomic E-state index is 12.2. The van der Waals surface area contributed by atoms with Crippen molar-refractivity contribution in [3.8, 4) is 0 Å². The number of alkyl carbamates (subject to hydrolysis) is 1. The van der Waals surface area contributed by atoms with Gasteiger partial charge in [0.1, 0.15) is 6.10 Å². The molecule has 1 aliphatic heterocycles. The van der Waals surface area contributed by atoms with Crippen LogP contribution in [0.15, 0.2) is 60.7 Å². The van der Waals surface area contributed by atoms with E-state index >= 15 is 0 Å². The molecular weight excluding hydrogens is 392 g/mol. The number of anilines is 1. The second kappa shape index (κ2) is 8.26. The molecule has 1 atom stereocenters. The van der Waals surface area contributed by atoms with Crippen molar-refractivity contribution in [3.63, 3.8) is 0 Å². The highest BCUT2D eigenvalue weighted by molar-refractivity contribution is 5.94. The van der Waals surface area contributed by atoms with Gasteiger partial charge in [-0.05, 0) is 24.0 Å². The van der Waals surface area contributed by atoms with Crippen LogP contribution in [0, 0.1) is 0 Å². The van der Waals surface area contributed by atoms with E-state index in [2.05, 4.69) is 20.8 Å². The van der Waals surface area contributed by atoms with Crippen molar-refractivity contribution in [1.29, 1.82) is 0 Å². The lowest BCUT2D eigenvalue weighted by atomic mass is 9.75. The van der Waals surface area contributed by atoms with Gasteiger partial charge >= 0.3 is 6.09 Å². The van der Waals surface area contributed by atoms with E-state index in [-0.39, 0.29) is 23.8 Å². The number of benzene rings is 2. The first kappa shape index (κ1) is 19.4. The van der Waals surface area contributed by atoms with Crippen LogP contribution in [0.5, 0.6) is 0 Å². The maximum atomic E-state index is 12.2. The molecule has 1 aliphatic carbocycles. The molecule has 1 unspecified atom stereocenters. The van der Waals surface area contributed by atoms with Gasteiger partial charge in [-0.25, -0.2) is 4.79 Å². The van der Waals surface area contributed by atoms with Gasteiger partial charge in [0.15, 0.2) is 5.82 Å². The summed E-state index contributed by atoms with van der Waals surface area (Å²) in [5.74, 6) is 0.798. The fraction of sp³-hybridized carbons (Fsp3) is 0.292. The van der Waals surface area contributed by atoms with E-state index in [9.17, 15) is 9.59 Å². The minimum Gasteiger partial charge on any atom is -0.446 e. The zero-order chi connectivity index (χ0) is 21.2. The van der Waals surface area contributed by atoms with Crippen LogP contribution in [0.25, 0.3) is 0 Å². The molecule has 7 nitrogen and oxygen atoms in total. The number of aromatic amines is 1. The smallest absolute Gasteiger partial charge is 0.407 e. The predicted octanol–water partition coefficient (Wildman–Crippen LogP) is 4.06. The SMILES string of the molecule is O=C1CC(c2ccccc2)c2c(n[nH]c2C2CC(OC(=O)NCc3ccccc3)C2)N1. The molecule has 5 rings (SSSR count). The number of hydrogen-bond acceptors (Lipinski definition) is 4. The van der Waals surface area contributed by atoms with E-state index in [0.29, 0.717) is 18.8 Å². The Kier molecular flexibility index (Phi) is 5.16. The van der Waals surface area contributed by atoms with Crippen molar-refractivity contribution in [2.45, 2.75) is 43.7 Å². The number of carbonyl (C=O) groups excluding carboxylic acids is 2. The van der Waals surface area contributed by atoms with Crippen LogP contribution in [-0.4, -0.2) is 28.3 Å². The van der Waals surface area contributed by atoms with E-state index in [1.54, 1.807) is 0 Å². The molecule has 0 saturated heterocycles. The first-order valence-corrected chi connectivity index (χ1v) is 10.6. The lowest BCUT2D eigenvalue weighted by Gasteiger charge is -2.35. The summed E-state index contributed by atoms with van der Waals surface area (Å²) in [5, 5.41) is 13.2. The highest BCUT2D eigenvalue weighted by Crippen LogP contribution is 2.46. The van der Waals surface area contributed by atoms with Gasteiger partial charge in [0.05, 0.1) is 0 Å². The Bertz CT molecular complexity index is 1070. The van der Waals surface area contributed by atoms with Gasteiger partial charge in [0, 0.05) is 36.1 Å². The molecule has 0 bridgehead atoms. The largest absolute Gasteiger partial charge is 0.446 e. The molecule has 1 aromatic heterocycles. The summed E-state index contributed by atoms with van der Waals surface area (Å²) in [7, 11) is 0. The number of fused-ring (bicyclic) bond motifs is 1. The fourth-order valence-electron chi connectivity index (χ4n) is 4.42. The molecule has 7 heteroatoms. The number of hydrogen-bond donors (Lipinski definition) is 3.